The second-order valence-corrected chi connectivity index (χ2v) is 5.68. The number of fused-ring (bicyclic) bond motifs is 1. The van der Waals surface area contributed by atoms with Gasteiger partial charge in [-0.2, -0.15) is 0 Å². The fourth-order valence-electron chi connectivity index (χ4n) is 2.37. The topological polar surface area (TPSA) is 42.7 Å². The van der Waals surface area contributed by atoms with Crippen LogP contribution in [0.1, 0.15) is 29.4 Å². The number of aromatic nitrogens is 3. The normalized spacial score (nSPS) is 14.7. The van der Waals surface area contributed by atoms with E-state index in [-0.39, 0.29) is 0 Å². The minimum atomic E-state index is 0.832. The second kappa shape index (κ2) is 5.63. The number of aryl methyl sites for hydroxylation is 1. The van der Waals surface area contributed by atoms with Gasteiger partial charge in [-0.3, -0.25) is 0 Å². The van der Waals surface area contributed by atoms with Crippen molar-refractivity contribution in [1.82, 2.24) is 20.1 Å². The molecule has 0 aromatic carbocycles. The molecule has 2 aromatic rings. The molecule has 0 radical (unpaired) electrons. The minimum absolute atomic E-state index is 0.832. The Labute approximate surface area is 111 Å². The average molecular weight is 262 g/mol. The maximum Gasteiger partial charge on any atom is 0.147 e. The molecular weight excluding hydrogens is 244 g/mol. The van der Waals surface area contributed by atoms with Gasteiger partial charge in [0, 0.05) is 24.4 Å². The molecule has 0 amide bonds. The zero-order chi connectivity index (χ0) is 12.2. The van der Waals surface area contributed by atoms with Crippen LogP contribution in [-0.4, -0.2) is 21.3 Å². The summed E-state index contributed by atoms with van der Waals surface area (Å²) in [7, 11) is 0. The number of nitrogens with zero attached hydrogens (tertiary/aromatic N) is 3. The van der Waals surface area contributed by atoms with E-state index in [9.17, 15) is 0 Å². The molecule has 4 nitrogen and oxygen atoms in total. The number of nitrogens with one attached hydrogen (secondary N) is 1. The molecule has 18 heavy (non-hydrogen) atoms. The van der Waals surface area contributed by atoms with Gasteiger partial charge in [0.25, 0.3) is 0 Å². The molecule has 96 valence electrons. The molecule has 3 rings (SSSR count). The predicted octanol–water partition coefficient (Wildman–Crippen LogP) is 2.01. The Morgan fingerprint density at radius 2 is 2.33 bits per heavy atom. The lowest BCUT2D eigenvalue weighted by molar-refractivity contribution is 0.498. The second-order valence-electron chi connectivity index (χ2n) is 4.65. The van der Waals surface area contributed by atoms with Crippen molar-refractivity contribution in [3.63, 3.8) is 0 Å². The Hall–Kier alpha value is -1.20. The maximum atomic E-state index is 4.29. The van der Waals surface area contributed by atoms with E-state index in [1.807, 2.05) is 11.3 Å². The van der Waals surface area contributed by atoms with Crippen molar-refractivity contribution in [2.45, 2.75) is 38.8 Å². The maximum absolute atomic E-state index is 4.29. The molecule has 0 saturated carbocycles. The van der Waals surface area contributed by atoms with Gasteiger partial charge >= 0.3 is 0 Å². The molecule has 0 atom stereocenters. The van der Waals surface area contributed by atoms with Gasteiger partial charge in [-0.1, -0.05) is 6.07 Å². The highest BCUT2D eigenvalue weighted by atomic mass is 32.1. The summed E-state index contributed by atoms with van der Waals surface area (Å²) in [5.74, 6) is 2.26. The van der Waals surface area contributed by atoms with Gasteiger partial charge in [0.1, 0.15) is 11.6 Å². The van der Waals surface area contributed by atoms with Crippen LogP contribution in [0.15, 0.2) is 17.5 Å². The van der Waals surface area contributed by atoms with Crippen LogP contribution in [0.4, 0.5) is 0 Å². The third-order valence-corrected chi connectivity index (χ3v) is 4.28. The van der Waals surface area contributed by atoms with Gasteiger partial charge in [-0.05, 0) is 30.7 Å². The molecule has 0 bridgehead atoms. The minimum Gasteiger partial charge on any atom is -0.314 e. The van der Waals surface area contributed by atoms with Gasteiger partial charge in [-0.15, -0.1) is 21.5 Å². The molecule has 2 aromatic heterocycles. The van der Waals surface area contributed by atoms with Crippen LogP contribution in [0.25, 0.3) is 0 Å². The van der Waals surface area contributed by atoms with Gasteiger partial charge in [0.15, 0.2) is 0 Å². The van der Waals surface area contributed by atoms with E-state index in [0.717, 1.165) is 44.1 Å². The lowest BCUT2D eigenvalue weighted by Crippen LogP contribution is -2.21. The average Bonchev–Trinajstić information content (AvgIpc) is 3.04. The fourth-order valence-corrected chi connectivity index (χ4v) is 3.07. The Balaban J connectivity index is 1.49. The SMILES string of the molecule is c1csc(CCNCc2nnc3n2CCCC3)c1. The van der Waals surface area contributed by atoms with Crippen LogP contribution in [0, 0.1) is 0 Å². The molecule has 0 aliphatic carbocycles. The van der Waals surface area contributed by atoms with Crippen molar-refractivity contribution in [3.8, 4) is 0 Å². The summed E-state index contributed by atoms with van der Waals surface area (Å²) in [5, 5.41) is 14.1. The van der Waals surface area contributed by atoms with E-state index in [1.54, 1.807) is 0 Å². The van der Waals surface area contributed by atoms with E-state index < -0.39 is 0 Å². The standard InChI is InChI=1S/C13H18N4S/c1-2-8-17-12(5-1)15-16-13(17)10-14-7-6-11-4-3-9-18-11/h3-4,9,14H,1-2,5-8,10H2. The molecule has 0 spiro atoms. The number of thiophene rings is 1. The highest BCUT2D eigenvalue weighted by molar-refractivity contribution is 7.09. The predicted molar refractivity (Wildman–Crippen MR) is 72.7 cm³/mol. The summed E-state index contributed by atoms with van der Waals surface area (Å²) in [6.07, 6.45) is 4.69. The smallest absolute Gasteiger partial charge is 0.147 e. The van der Waals surface area contributed by atoms with Crippen molar-refractivity contribution in [1.29, 1.82) is 0 Å². The first-order chi connectivity index (χ1) is 8.93. The summed E-state index contributed by atoms with van der Waals surface area (Å²) >= 11 is 1.82. The van der Waals surface area contributed by atoms with Crippen molar-refractivity contribution >= 4 is 11.3 Å². The van der Waals surface area contributed by atoms with E-state index in [0.29, 0.717) is 0 Å². The van der Waals surface area contributed by atoms with Crippen molar-refractivity contribution in [2.24, 2.45) is 0 Å². The number of hydrogen-bond donors (Lipinski definition) is 1. The lowest BCUT2D eigenvalue weighted by atomic mass is 10.2. The summed E-state index contributed by atoms with van der Waals surface area (Å²) in [5.41, 5.74) is 0. The summed E-state index contributed by atoms with van der Waals surface area (Å²) < 4.78 is 2.28. The van der Waals surface area contributed by atoms with Crippen LogP contribution in [0.2, 0.25) is 0 Å². The van der Waals surface area contributed by atoms with Crippen molar-refractivity contribution in [3.05, 3.63) is 34.0 Å². The summed E-state index contributed by atoms with van der Waals surface area (Å²) in [6, 6.07) is 4.29. The van der Waals surface area contributed by atoms with Crippen LogP contribution in [0.3, 0.4) is 0 Å². The molecule has 5 heteroatoms. The van der Waals surface area contributed by atoms with Crippen LogP contribution in [-0.2, 0) is 25.9 Å². The Kier molecular flexibility index (Phi) is 3.71. The molecule has 0 unspecified atom stereocenters. The van der Waals surface area contributed by atoms with Gasteiger partial charge in [0.05, 0.1) is 6.54 Å². The van der Waals surface area contributed by atoms with E-state index in [2.05, 4.69) is 37.6 Å². The van der Waals surface area contributed by atoms with E-state index in [4.69, 9.17) is 0 Å². The highest BCUT2D eigenvalue weighted by Gasteiger charge is 2.14. The molecule has 0 saturated heterocycles. The van der Waals surface area contributed by atoms with Gasteiger partial charge < -0.3 is 9.88 Å². The zero-order valence-corrected chi connectivity index (χ0v) is 11.2. The number of rotatable bonds is 5. The summed E-state index contributed by atoms with van der Waals surface area (Å²) in [4.78, 5) is 1.44. The van der Waals surface area contributed by atoms with Crippen molar-refractivity contribution < 1.29 is 0 Å². The van der Waals surface area contributed by atoms with E-state index in [1.165, 1.54) is 17.7 Å². The first-order valence-electron chi connectivity index (χ1n) is 6.57. The third-order valence-electron chi connectivity index (χ3n) is 3.35. The Morgan fingerprint density at radius 3 is 3.22 bits per heavy atom. The van der Waals surface area contributed by atoms with Gasteiger partial charge in [0.2, 0.25) is 0 Å². The molecule has 1 aliphatic heterocycles. The van der Waals surface area contributed by atoms with Crippen molar-refractivity contribution in [2.75, 3.05) is 6.54 Å². The van der Waals surface area contributed by atoms with Crippen LogP contribution >= 0.6 is 11.3 Å². The molecule has 1 N–H and O–H groups in total. The zero-order valence-electron chi connectivity index (χ0n) is 10.4. The van der Waals surface area contributed by atoms with Crippen LogP contribution in [0.5, 0.6) is 0 Å². The highest BCUT2D eigenvalue weighted by Crippen LogP contribution is 2.14. The number of hydrogen-bond acceptors (Lipinski definition) is 4. The summed E-state index contributed by atoms with van der Waals surface area (Å²) in [6.45, 7) is 2.92. The van der Waals surface area contributed by atoms with Gasteiger partial charge in [-0.25, -0.2) is 0 Å². The Morgan fingerprint density at radius 1 is 1.33 bits per heavy atom. The monoisotopic (exact) mass is 262 g/mol. The van der Waals surface area contributed by atoms with Crippen LogP contribution < -0.4 is 5.32 Å². The quantitative estimate of drug-likeness (QED) is 0.838. The molecular formula is C13H18N4S. The first-order valence-corrected chi connectivity index (χ1v) is 7.45. The molecule has 3 heterocycles. The Bertz CT molecular complexity index is 489. The third kappa shape index (κ3) is 2.62. The molecule has 0 fully saturated rings. The van der Waals surface area contributed by atoms with E-state index >= 15 is 0 Å². The largest absolute Gasteiger partial charge is 0.314 e. The lowest BCUT2D eigenvalue weighted by Gasteiger charge is -2.14. The first kappa shape index (κ1) is 11.9. The fraction of sp³-hybridized carbons (Fsp3) is 0.538. The molecule has 1 aliphatic rings.